The number of nitrogens with zero attached hydrogens (tertiary/aromatic N) is 2. The van der Waals surface area contributed by atoms with E-state index < -0.39 is 30.2 Å². The number of halogens is 1. The summed E-state index contributed by atoms with van der Waals surface area (Å²) in [6.07, 6.45) is 1.13. The standard InChI is InChI=1S/C22H24FN3O4/c1-12-2-4-25-22-14(12)3-6-26(22)16-10-19(21(28)20(16)27)30-18-9-13(23)8-17-15(18)11-24-5-7-29-17/h2-4,6,8-9,16,19-21,24,27-28H,5,7,10-11H2,1H3/t16-,19+,20+,21-/m1/s1. The van der Waals surface area contributed by atoms with Gasteiger partial charge < -0.3 is 29.6 Å². The third-order valence-electron chi connectivity index (χ3n) is 6.04. The number of aliphatic hydroxyl groups is 2. The van der Waals surface area contributed by atoms with Gasteiger partial charge in [0.15, 0.2) is 0 Å². The van der Waals surface area contributed by atoms with E-state index >= 15 is 0 Å². The molecule has 0 saturated heterocycles. The monoisotopic (exact) mass is 413 g/mol. The molecule has 3 N–H and O–H groups in total. The van der Waals surface area contributed by atoms with Crippen LogP contribution in [0, 0.1) is 12.7 Å². The average molecular weight is 413 g/mol. The van der Waals surface area contributed by atoms with Crippen LogP contribution in [0.15, 0.2) is 36.7 Å². The fraction of sp³-hybridized carbons (Fsp3) is 0.409. The molecule has 1 fully saturated rings. The van der Waals surface area contributed by atoms with Crippen LogP contribution >= 0.6 is 0 Å². The lowest BCUT2D eigenvalue weighted by Gasteiger charge is -2.21. The lowest BCUT2D eigenvalue weighted by Crippen LogP contribution is -2.34. The van der Waals surface area contributed by atoms with Crippen molar-refractivity contribution in [2.24, 2.45) is 0 Å². The Labute approximate surface area is 173 Å². The van der Waals surface area contributed by atoms with Crippen LogP contribution < -0.4 is 14.8 Å². The largest absolute Gasteiger partial charge is 0.492 e. The summed E-state index contributed by atoms with van der Waals surface area (Å²) in [4.78, 5) is 4.45. The molecule has 8 heteroatoms. The van der Waals surface area contributed by atoms with Crippen molar-refractivity contribution in [1.29, 1.82) is 0 Å². The molecule has 158 valence electrons. The Morgan fingerprint density at radius 3 is 3.00 bits per heavy atom. The first kappa shape index (κ1) is 19.3. The van der Waals surface area contributed by atoms with Crippen molar-refractivity contribution in [1.82, 2.24) is 14.9 Å². The van der Waals surface area contributed by atoms with Crippen molar-refractivity contribution in [2.75, 3.05) is 13.2 Å². The summed E-state index contributed by atoms with van der Waals surface area (Å²) in [5.74, 6) is 0.296. The van der Waals surface area contributed by atoms with E-state index in [-0.39, 0.29) is 0 Å². The van der Waals surface area contributed by atoms with Crippen molar-refractivity contribution in [3.63, 3.8) is 0 Å². The summed E-state index contributed by atoms with van der Waals surface area (Å²) < 4.78 is 27.7. The minimum absolute atomic E-state index is 0.322. The molecule has 1 saturated carbocycles. The number of fused-ring (bicyclic) bond motifs is 2. The maximum absolute atomic E-state index is 14.1. The number of nitrogens with one attached hydrogen (secondary N) is 1. The molecule has 1 aromatic carbocycles. The molecular formula is C22H24FN3O4. The second-order valence-corrected chi connectivity index (χ2v) is 7.93. The van der Waals surface area contributed by atoms with Crippen LogP contribution in [0.3, 0.4) is 0 Å². The first-order chi connectivity index (χ1) is 14.5. The Morgan fingerprint density at radius 2 is 2.13 bits per heavy atom. The second kappa shape index (κ2) is 7.54. The zero-order valence-corrected chi connectivity index (χ0v) is 16.6. The highest BCUT2D eigenvalue weighted by Crippen LogP contribution is 2.38. The van der Waals surface area contributed by atoms with Gasteiger partial charge >= 0.3 is 0 Å². The molecule has 1 aliphatic carbocycles. The van der Waals surface area contributed by atoms with Gasteiger partial charge in [0.25, 0.3) is 0 Å². The van der Waals surface area contributed by atoms with Crippen molar-refractivity contribution in [2.45, 2.75) is 44.2 Å². The Hall–Kier alpha value is -2.68. The van der Waals surface area contributed by atoms with Crippen molar-refractivity contribution in [3.8, 4) is 11.5 Å². The Kier molecular flexibility index (Phi) is 4.85. The number of benzene rings is 1. The summed E-state index contributed by atoms with van der Waals surface area (Å²) in [6.45, 7) is 3.57. The third-order valence-corrected chi connectivity index (χ3v) is 6.04. The minimum Gasteiger partial charge on any atom is -0.492 e. The zero-order chi connectivity index (χ0) is 20.8. The predicted molar refractivity (Wildman–Crippen MR) is 108 cm³/mol. The van der Waals surface area contributed by atoms with E-state index in [0.29, 0.717) is 43.2 Å². The molecule has 7 nitrogen and oxygen atoms in total. The Bertz CT molecular complexity index is 1090. The third kappa shape index (κ3) is 3.21. The fourth-order valence-electron chi connectivity index (χ4n) is 4.43. The SMILES string of the molecule is Cc1ccnc2c1ccn2[C@@H]1C[C@H](Oc2cc(F)cc3c2CNCCO3)[C@@H](O)[C@H]1O. The van der Waals surface area contributed by atoms with E-state index in [4.69, 9.17) is 9.47 Å². The maximum atomic E-state index is 14.1. The molecule has 0 bridgehead atoms. The van der Waals surface area contributed by atoms with Crippen molar-refractivity contribution >= 4 is 11.0 Å². The summed E-state index contributed by atoms with van der Waals surface area (Å²) in [5, 5.41) is 25.7. The molecular weight excluding hydrogens is 389 g/mol. The Balaban J connectivity index is 1.45. The molecule has 2 aromatic heterocycles. The van der Waals surface area contributed by atoms with Gasteiger partial charge in [0.2, 0.25) is 0 Å². The van der Waals surface area contributed by atoms with E-state index in [1.54, 1.807) is 6.20 Å². The summed E-state index contributed by atoms with van der Waals surface area (Å²) in [5.41, 5.74) is 2.56. The first-order valence-corrected chi connectivity index (χ1v) is 10.1. The van der Waals surface area contributed by atoms with Crippen LogP contribution in [0.4, 0.5) is 4.39 Å². The topological polar surface area (TPSA) is 88.8 Å². The Morgan fingerprint density at radius 1 is 1.27 bits per heavy atom. The van der Waals surface area contributed by atoms with Gasteiger partial charge in [-0.2, -0.15) is 0 Å². The number of hydrogen-bond acceptors (Lipinski definition) is 6. The van der Waals surface area contributed by atoms with E-state index in [2.05, 4.69) is 10.3 Å². The molecule has 3 aromatic rings. The van der Waals surface area contributed by atoms with Crippen LogP contribution in [0.25, 0.3) is 11.0 Å². The highest BCUT2D eigenvalue weighted by atomic mass is 19.1. The van der Waals surface area contributed by atoms with E-state index in [1.165, 1.54) is 12.1 Å². The van der Waals surface area contributed by atoms with Crippen LogP contribution in [0.5, 0.6) is 11.5 Å². The van der Waals surface area contributed by atoms with Gasteiger partial charge in [0, 0.05) is 49.4 Å². The summed E-state index contributed by atoms with van der Waals surface area (Å²) in [7, 11) is 0. The summed E-state index contributed by atoms with van der Waals surface area (Å²) >= 11 is 0. The van der Waals surface area contributed by atoms with Gasteiger partial charge in [-0.3, -0.25) is 0 Å². The quantitative estimate of drug-likeness (QED) is 0.609. The van der Waals surface area contributed by atoms with Crippen LogP contribution in [0.1, 0.15) is 23.6 Å². The molecule has 30 heavy (non-hydrogen) atoms. The number of pyridine rings is 1. The normalized spacial score (nSPS) is 26.3. The lowest BCUT2D eigenvalue weighted by atomic mass is 10.1. The van der Waals surface area contributed by atoms with Crippen LogP contribution in [-0.4, -0.2) is 51.2 Å². The van der Waals surface area contributed by atoms with Gasteiger partial charge in [0.05, 0.1) is 11.6 Å². The molecule has 2 aliphatic rings. The molecule has 3 heterocycles. The number of aliphatic hydroxyl groups excluding tert-OH is 2. The minimum atomic E-state index is -1.11. The zero-order valence-electron chi connectivity index (χ0n) is 16.6. The fourth-order valence-corrected chi connectivity index (χ4v) is 4.43. The van der Waals surface area contributed by atoms with Gasteiger partial charge in [-0.05, 0) is 24.6 Å². The van der Waals surface area contributed by atoms with Gasteiger partial charge in [-0.1, -0.05) is 0 Å². The van der Waals surface area contributed by atoms with Gasteiger partial charge in [0.1, 0.15) is 47.9 Å². The number of aryl methyl sites for hydroxylation is 1. The van der Waals surface area contributed by atoms with Crippen molar-refractivity contribution in [3.05, 3.63) is 53.6 Å². The van der Waals surface area contributed by atoms with Crippen LogP contribution in [0.2, 0.25) is 0 Å². The predicted octanol–water partition coefficient (Wildman–Crippen LogP) is 2.08. The lowest BCUT2D eigenvalue weighted by molar-refractivity contribution is -0.0167. The van der Waals surface area contributed by atoms with E-state index in [0.717, 1.165) is 16.6 Å². The van der Waals surface area contributed by atoms with E-state index in [1.807, 2.05) is 29.8 Å². The number of rotatable bonds is 3. The highest BCUT2D eigenvalue weighted by molar-refractivity contribution is 5.79. The van der Waals surface area contributed by atoms with Crippen molar-refractivity contribution < 1.29 is 24.1 Å². The van der Waals surface area contributed by atoms with Gasteiger partial charge in [-0.15, -0.1) is 0 Å². The molecule has 1 aliphatic heterocycles. The summed E-state index contributed by atoms with van der Waals surface area (Å²) in [6, 6.07) is 6.14. The maximum Gasteiger partial charge on any atom is 0.140 e. The van der Waals surface area contributed by atoms with E-state index in [9.17, 15) is 14.6 Å². The molecule has 0 spiro atoms. The molecule has 0 amide bonds. The average Bonchev–Trinajstić information content (AvgIpc) is 3.16. The second-order valence-electron chi connectivity index (χ2n) is 7.93. The molecule has 0 radical (unpaired) electrons. The molecule has 5 rings (SSSR count). The highest BCUT2D eigenvalue weighted by Gasteiger charge is 2.44. The van der Waals surface area contributed by atoms with Crippen LogP contribution in [-0.2, 0) is 6.54 Å². The number of hydrogen-bond donors (Lipinski definition) is 3. The smallest absolute Gasteiger partial charge is 0.140 e. The number of aromatic nitrogens is 2. The number of ether oxygens (including phenoxy) is 2. The molecule has 0 unspecified atom stereocenters. The first-order valence-electron chi connectivity index (χ1n) is 10.1. The molecule has 4 atom stereocenters. The van der Waals surface area contributed by atoms with Gasteiger partial charge in [-0.25, -0.2) is 9.37 Å².